The van der Waals surface area contributed by atoms with Crippen molar-refractivity contribution in [3.63, 3.8) is 0 Å². The van der Waals surface area contributed by atoms with E-state index in [1.165, 1.54) is 41.1 Å². The van der Waals surface area contributed by atoms with Crippen molar-refractivity contribution in [2.24, 2.45) is 0 Å². The summed E-state index contributed by atoms with van der Waals surface area (Å²) in [6.07, 6.45) is 4.77. The second-order valence-corrected chi connectivity index (χ2v) is 5.72. The maximum absolute atomic E-state index is 13.6. The summed E-state index contributed by atoms with van der Waals surface area (Å²) in [6.45, 7) is 0.0827. The van der Waals surface area contributed by atoms with E-state index in [9.17, 15) is 18.9 Å². The van der Waals surface area contributed by atoms with Crippen molar-refractivity contribution in [1.29, 1.82) is 0 Å². The number of rotatable bonds is 5. The molecule has 4 aromatic heterocycles. The number of nitrogens with zero attached hydrogens (tertiary/aromatic N) is 6. The van der Waals surface area contributed by atoms with Gasteiger partial charge in [-0.2, -0.15) is 0 Å². The summed E-state index contributed by atoms with van der Waals surface area (Å²) >= 11 is 0. The van der Waals surface area contributed by atoms with Crippen LogP contribution in [-0.2, 0) is 6.54 Å². The number of hydrogen-bond acceptors (Lipinski definition) is 7. The molecule has 0 aliphatic carbocycles. The van der Waals surface area contributed by atoms with Gasteiger partial charge >= 0.3 is 5.69 Å². The Morgan fingerprint density at radius 2 is 1.86 bits per heavy atom. The van der Waals surface area contributed by atoms with Gasteiger partial charge in [0.1, 0.15) is 29.2 Å². The Kier molecular flexibility index (Phi) is 4.32. The van der Waals surface area contributed by atoms with E-state index in [1.54, 1.807) is 0 Å². The quantitative estimate of drug-likeness (QED) is 0.416. The first-order valence-corrected chi connectivity index (χ1v) is 8.00. The van der Waals surface area contributed by atoms with Crippen molar-refractivity contribution in [3.05, 3.63) is 76.5 Å². The van der Waals surface area contributed by atoms with Crippen LogP contribution in [-0.4, -0.2) is 29.3 Å². The molecule has 0 bridgehead atoms. The summed E-state index contributed by atoms with van der Waals surface area (Å²) < 4.78 is 28.0. The van der Waals surface area contributed by atoms with Crippen LogP contribution in [0.3, 0.4) is 0 Å². The van der Waals surface area contributed by atoms with E-state index in [4.69, 9.17) is 0 Å². The molecule has 28 heavy (non-hydrogen) atoms. The molecule has 11 heteroatoms. The molecule has 0 radical (unpaired) electrons. The number of aromatic nitrogens is 5. The summed E-state index contributed by atoms with van der Waals surface area (Å²) in [5.74, 6) is -0.890. The average molecular weight is 383 g/mol. The zero-order valence-electron chi connectivity index (χ0n) is 14.1. The highest BCUT2D eigenvalue weighted by atomic mass is 19.1. The minimum absolute atomic E-state index is 0.0486. The summed E-state index contributed by atoms with van der Waals surface area (Å²) in [6, 6.07) is 5.44. The summed E-state index contributed by atoms with van der Waals surface area (Å²) in [5, 5.41) is 14.1. The molecule has 0 saturated carbocycles. The topological polar surface area (TPSA) is 111 Å². The first-order valence-electron chi connectivity index (χ1n) is 8.00. The Balaban J connectivity index is 1.71. The molecule has 0 aliphatic rings. The molecule has 0 spiro atoms. The molecule has 4 heterocycles. The molecule has 0 amide bonds. The number of pyridine rings is 2. The van der Waals surface area contributed by atoms with Crippen molar-refractivity contribution in [3.8, 4) is 11.5 Å². The highest BCUT2D eigenvalue weighted by Crippen LogP contribution is 2.25. The Labute approximate surface area is 155 Å². The number of hydrogen-bond donors (Lipinski definition) is 1. The van der Waals surface area contributed by atoms with Crippen LogP contribution in [0, 0.1) is 21.7 Å². The zero-order valence-corrected chi connectivity index (χ0v) is 14.1. The highest BCUT2D eigenvalue weighted by Gasteiger charge is 2.19. The van der Waals surface area contributed by atoms with Gasteiger partial charge in [-0.1, -0.05) is 0 Å². The number of fused-ring (bicyclic) bond motifs is 1. The van der Waals surface area contributed by atoms with E-state index in [0.29, 0.717) is 17.0 Å². The fourth-order valence-electron chi connectivity index (χ4n) is 2.57. The molecule has 140 valence electrons. The van der Waals surface area contributed by atoms with E-state index in [-0.39, 0.29) is 23.9 Å². The first kappa shape index (κ1) is 17.4. The van der Waals surface area contributed by atoms with Crippen LogP contribution in [0.25, 0.3) is 17.2 Å². The standard InChI is InChI=1S/C17H11F2N7O2/c18-10-1-3-12(20-5-10)6-22-17-14(26(27)28)8-23-16(24-17)13-7-21-15-4-2-11(19)9-25(13)15/h1-5,7-9H,6H2,(H,22,23,24). The molecule has 1 N–H and O–H groups in total. The van der Waals surface area contributed by atoms with Gasteiger partial charge in [0.2, 0.25) is 5.82 Å². The minimum atomic E-state index is -0.627. The van der Waals surface area contributed by atoms with Gasteiger partial charge in [-0.15, -0.1) is 0 Å². The van der Waals surface area contributed by atoms with Crippen molar-refractivity contribution < 1.29 is 13.7 Å². The SMILES string of the molecule is O=[N+]([O-])c1cnc(-c2cnc3ccc(F)cn23)nc1NCc1ccc(F)cn1. The van der Waals surface area contributed by atoms with E-state index in [1.807, 2.05) is 0 Å². The second kappa shape index (κ2) is 6.95. The van der Waals surface area contributed by atoms with E-state index < -0.39 is 16.6 Å². The van der Waals surface area contributed by atoms with Crippen LogP contribution in [0.1, 0.15) is 5.69 Å². The lowest BCUT2D eigenvalue weighted by molar-refractivity contribution is -0.384. The number of anilines is 1. The third-order valence-electron chi connectivity index (χ3n) is 3.89. The molecular weight excluding hydrogens is 372 g/mol. The molecule has 4 aromatic rings. The van der Waals surface area contributed by atoms with Crippen molar-refractivity contribution in [2.75, 3.05) is 5.32 Å². The predicted molar refractivity (Wildman–Crippen MR) is 94.4 cm³/mol. The Morgan fingerprint density at radius 1 is 1.04 bits per heavy atom. The number of imidazole rings is 1. The summed E-state index contributed by atoms with van der Waals surface area (Å²) in [4.78, 5) is 26.9. The molecule has 9 nitrogen and oxygen atoms in total. The van der Waals surface area contributed by atoms with Gasteiger partial charge in [-0.25, -0.2) is 23.7 Å². The van der Waals surface area contributed by atoms with E-state index in [2.05, 4.69) is 25.3 Å². The van der Waals surface area contributed by atoms with Crippen LogP contribution in [0.5, 0.6) is 0 Å². The van der Waals surface area contributed by atoms with Crippen molar-refractivity contribution in [2.45, 2.75) is 6.54 Å². The molecular formula is C17H11F2N7O2. The number of nitro groups is 1. The van der Waals surface area contributed by atoms with Crippen LogP contribution >= 0.6 is 0 Å². The molecule has 4 rings (SSSR count). The highest BCUT2D eigenvalue weighted by molar-refractivity contribution is 5.63. The minimum Gasteiger partial charge on any atom is -0.359 e. The van der Waals surface area contributed by atoms with Gasteiger partial charge in [0.05, 0.1) is 29.6 Å². The second-order valence-electron chi connectivity index (χ2n) is 5.72. The van der Waals surface area contributed by atoms with Gasteiger partial charge in [-0.3, -0.25) is 19.5 Å². The zero-order chi connectivity index (χ0) is 19.7. The number of halogens is 2. The summed E-state index contributed by atoms with van der Waals surface area (Å²) in [5.41, 5.74) is 0.967. The monoisotopic (exact) mass is 383 g/mol. The molecule has 0 atom stereocenters. The molecule has 0 fully saturated rings. The number of nitrogens with one attached hydrogen (secondary N) is 1. The Morgan fingerprint density at radius 3 is 2.61 bits per heavy atom. The van der Waals surface area contributed by atoms with E-state index >= 15 is 0 Å². The fourth-order valence-corrected chi connectivity index (χ4v) is 2.57. The first-order chi connectivity index (χ1) is 13.5. The van der Waals surface area contributed by atoms with Gasteiger partial charge < -0.3 is 5.32 Å². The van der Waals surface area contributed by atoms with Crippen LogP contribution in [0.4, 0.5) is 20.3 Å². The third-order valence-corrected chi connectivity index (χ3v) is 3.89. The normalized spacial score (nSPS) is 10.9. The van der Waals surface area contributed by atoms with E-state index in [0.717, 1.165) is 12.4 Å². The Bertz CT molecular complexity index is 1180. The lowest BCUT2D eigenvalue weighted by Crippen LogP contribution is -2.08. The maximum atomic E-state index is 13.6. The fraction of sp³-hybridized carbons (Fsp3) is 0.0588. The van der Waals surface area contributed by atoms with Gasteiger partial charge in [-0.05, 0) is 24.3 Å². The molecule has 0 aromatic carbocycles. The van der Waals surface area contributed by atoms with Crippen LogP contribution in [0.2, 0.25) is 0 Å². The third kappa shape index (κ3) is 3.32. The largest absolute Gasteiger partial charge is 0.359 e. The van der Waals surface area contributed by atoms with Crippen molar-refractivity contribution >= 4 is 17.2 Å². The molecule has 0 unspecified atom stereocenters. The lowest BCUT2D eigenvalue weighted by Gasteiger charge is -2.07. The predicted octanol–water partition coefficient (Wildman–Crippen LogP) is 2.98. The van der Waals surface area contributed by atoms with Gasteiger partial charge in [0, 0.05) is 6.20 Å². The molecule has 0 aliphatic heterocycles. The van der Waals surface area contributed by atoms with Crippen LogP contribution < -0.4 is 5.32 Å². The van der Waals surface area contributed by atoms with Crippen LogP contribution in [0.15, 0.2) is 49.1 Å². The van der Waals surface area contributed by atoms with Gasteiger partial charge in [0.15, 0.2) is 5.82 Å². The maximum Gasteiger partial charge on any atom is 0.329 e. The van der Waals surface area contributed by atoms with Gasteiger partial charge in [0.25, 0.3) is 0 Å². The molecule has 0 saturated heterocycles. The van der Waals surface area contributed by atoms with Crippen molar-refractivity contribution in [1.82, 2.24) is 24.3 Å². The average Bonchev–Trinajstić information content (AvgIpc) is 3.10. The Hall–Kier alpha value is -4.02. The summed E-state index contributed by atoms with van der Waals surface area (Å²) in [7, 11) is 0. The smallest absolute Gasteiger partial charge is 0.329 e. The lowest BCUT2D eigenvalue weighted by atomic mass is 10.3.